The summed E-state index contributed by atoms with van der Waals surface area (Å²) in [6.45, 7) is 11.5. The second kappa shape index (κ2) is 6.57. The number of rotatable bonds is 1. The number of benzene rings is 3. The molecule has 3 aromatic carbocycles. The molecule has 0 aliphatic heterocycles. The molecular weight excluding hydrogens is 402 g/mol. The molecule has 6 rings (SSSR count). The molecule has 0 unspecified atom stereocenters. The fourth-order valence-electron chi connectivity index (χ4n) is 6.07. The van der Waals surface area contributed by atoms with Crippen LogP contribution in [0, 0.1) is 6.92 Å². The van der Waals surface area contributed by atoms with Crippen LogP contribution in [0.5, 0.6) is 0 Å². The summed E-state index contributed by atoms with van der Waals surface area (Å²) in [5.41, 5.74) is 8.36. The van der Waals surface area contributed by atoms with Crippen LogP contribution in [0.1, 0.15) is 55.7 Å². The molecule has 0 atom stereocenters. The summed E-state index contributed by atoms with van der Waals surface area (Å²) in [7, 11) is 2.13. The number of pyridine rings is 1. The molecule has 2 heteroatoms. The van der Waals surface area contributed by atoms with Gasteiger partial charge < -0.3 is 4.42 Å². The second-order valence-electron chi connectivity index (χ2n) is 10.6. The van der Waals surface area contributed by atoms with Crippen LogP contribution < -0.4 is 4.57 Å². The van der Waals surface area contributed by atoms with Crippen LogP contribution in [-0.2, 0) is 17.9 Å². The lowest BCUT2D eigenvalue weighted by molar-refractivity contribution is -0.659. The van der Waals surface area contributed by atoms with E-state index in [2.05, 4.69) is 119 Å². The predicted octanol–water partition coefficient (Wildman–Crippen LogP) is 7.35. The Morgan fingerprint density at radius 3 is 2.15 bits per heavy atom. The Morgan fingerprint density at radius 2 is 1.39 bits per heavy atom. The average Bonchev–Trinajstić information content (AvgIpc) is 3.21. The van der Waals surface area contributed by atoms with E-state index in [0.29, 0.717) is 0 Å². The lowest BCUT2D eigenvalue weighted by Crippen LogP contribution is -2.35. The SMILES string of the molecule is Cc1ccc2c3c(oc2c1-c1c2ccccc2cc[n+]1C)C(C)(C)c1ccccc1C3(C)C. The standard InChI is InChI=1S/C31H30NO/c1-19-15-16-22-26-29(31(4,5)24-14-10-9-13-23(24)30(26,2)3)33-28(22)25(19)27-21-12-8-7-11-20(21)17-18-32(27)6/h7-18H,1-6H3/q+1. The van der Waals surface area contributed by atoms with Gasteiger partial charge in [-0.3, -0.25) is 0 Å². The van der Waals surface area contributed by atoms with Crippen molar-refractivity contribution < 1.29 is 8.98 Å². The van der Waals surface area contributed by atoms with Crippen molar-refractivity contribution in [2.75, 3.05) is 0 Å². The van der Waals surface area contributed by atoms with Gasteiger partial charge in [-0.05, 0) is 48.9 Å². The van der Waals surface area contributed by atoms with Crippen molar-refractivity contribution in [2.24, 2.45) is 7.05 Å². The van der Waals surface area contributed by atoms with Gasteiger partial charge in [-0.1, -0.05) is 68.4 Å². The molecule has 33 heavy (non-hydrogen) atoms. The van der Waals surface area contributed by atoms with Gasteiger partial charge in [0.25, 0.3) is 0 Å². The monoisotopic (exact) mass is 432 g/mol. The first-order valence-electron chi connectivity index (χ1n) is 11.8. The van der Waals surface area contributed by atoms with Crippen LogP contribution in [0.15, 0.2) is 77.3 Å². The van der Waals surface area contributed by atoms with Gasteiger partial charge in [-0.25, -0.2) is 4.57 Å². The minimum Gasteiger partial charge on any atom is -0.459 e. The van der Waals surface area contributed by atoms with E-state index in [1.54, 1.807) is 0 Å². The van der Waals surface area contributed by atoms with Crippen molar-refractivity contribution in [3.63, 3.8) is 0 Å². The molecule has 2 aromatic heterocycles. The van der Waals surface area contributed by atoms with Crippen molar-refractivity contribution in [1.82, 2.24) is 0 Å². The van der Waals surface area contributed by atoms with Gasteiger partial charge in [-0.2, -0.15) is 0 Å². The van der Waals surface area contributed by atoms with Crippen LogP contribution in [0.4, 0.5) is 0 Å². The second-order valence-corrected chi connectivity index (χ2v) is 10.6. The maximum Gasteiger partial charge on any atom is 0.224 e. The van der Waals surface area contributed by atoms with Gasteiger partial charge in [-0.15, -0.1) is 0 Å². The number of nitrogens with zero attached hydrogens (tertiary/aromatic N) is 1. The Morgan fingerprint density at radius 1 is 0.727 bits per heavy atom. The molecule has 0 saturated carbocycles. The highest BCUT2D eigenvalue weighted by molar-refractivity contribution is 6.03. The fraction of sp³-hybridized carbons (Fsp3) is 0.258. The summed E-state index contributed by atoms with van der Waals surface area (Å²) in [5.74, 6) is 1.09. The highest BCUT2D eigenvalue weighted by Gasteiger charge is 2.46. The van der Waals surface area contributed by atoms with Gasteiger partial charge in [0, 0.05) is 27.8 Å². The van der Waals surface area contributed by atoms with E-state index in [1.807, 2.05) is 0 Å². The molecule has 0 amide bonds. The van der Waals surface area contributed by atoms with Crippen LogP contribution in [-0.4, -0.2) is 0 Å². The maximum atomic E-state index is 6.96. The molecule has 1 aliphatic rings. The summed E-state index contributed by atoms with van der Waals surface area (Å²) in [4.78, 5) is 0. The smallest absolute Gasteiger partial charge is 0.224 e. The quantitative estimate of drug-likeness (QED) is 0.253. The first kappa shape index (κ1) is 20.2. The van der Waals surface area contributed by atoms with E-state index in [9.17, 15) is 0 Å². The van der Waals surface area contributed by atoms with Crippen molar-refractivity contribution in [1.29, 1.82) is 0 Å². The molecular formula is C31H30NO+. The van der Waals surface area contributed by atoms with Gasteiger partial charge in [0.1, 0.15) is 18.4 Å². The van der Waals surface area contributed by atoms with E-state index in [0.717, 1.165) is 11.3 Å². The number of aryl methyl sites for hydroxylation is 2. The lowest BCUT2D eigenvalue weighted by atomic mass is 9.62. The molecule has 164 valence electrons. The van der Waals surface area contributed by atoms with Gasteiger partial charge in [0.2, 0.25) is 5.69 Å². The Hall–Kier alpha value is -3.39. The van der Waals surface area contributed by atoms with Crippen LogP contribution >= 0.6 is 0 Å². The Labute approximate surface area is 195 Å². The van der Waals surface area contributed by atoms with E-state index < -0.39 is 0 Å². The molecule has 0 spiro atoms. The van der Waals surface area contributed by atoms with Gasteiger partial charge >= 0.3 is 0 Å². The van der Waals surface area contributed by atoms with Gasteiger partial charge in [0.15, 0.2) is 6.20 Å². The third-order valence-corrected chi connectivity index (χ3v) is 7.82. The zero-order valence-corrected chi connectivity index (χ0v) is 20.3. The number of hydrogen-bond donors (Lipinski definition) is 0. The summed E-state index contributed by atoms with van der Waals surface area (Å²) in [6.07, 6.45) is 2.16. The number of fused-ring (bicyclic) bond motifs is 5. The average molecular weight is 433 g/mol. The zero-order valence-electron chi connectivity index (χ0n) is 20.3. The molecule has 0 fully saturated rings. The predicted molar refractivity (Wildman–Crippen MR) is 136 cm³/mol. The lowest BCUT2D eigenvalue weighted by Gasteiger charge is -2.40. The Kier molecular flexibility index (Phi) is 4.03. The topological polar surface area (TPSA) is 17.0 Å². The molecule has 0 bridgehead atoms. The Bertz CT molecular complexity index is 1580. The number of furan rings is 1. The highest BCUT2D eigenvalue weighted by atomic mass is 16.3. The summed E-state index contributed by atoms with van der Waals surface area (Å²) < 4.78 is 9.19. The Balaban J connectivity index is 1.77. The summed E-state index contributed by atoms with van der Waals surface area (Å²) in [6, 6.07) is 24.2. The molecule has 2 nitrogen and oxygen atoms in total. The first-order chi connectivity index (χ1) is 15.7. The number of aromatic nitrogens is 1. The maximum absolute atomic E-state index is 6.96. The minimum absolute atomic E-state index is 0.139. The highest BCUT2D eigenvalue weighted by Crippen LogP contribution is 2.54. The van der Waals surface area contributed by atoms with E-state index in [1.165, 1.54) is 49.7 Å². The first-order valence-corrected chi connectivity index (χ1v) is 11.8. The number of hydrogen-bond acceptors (Lipinski definition) is 1. The van der Waals surface area contributed by atoms with Crippen molar-refractivity contribution in [3.8, 4) is 11.3 Å². The van der Waals surface area contributed by atoms with Crippen LogP contribution in [0.3, 0.4) is 0 Å². The van der Waals surface area contributed by atoms with Gasteiger partial charge in [0.05, 0.1) is 10.9 Å². The van der Waals surface area contributed by atoms with E-state index >= 15 is 0 Å². The molecule has 2 heterocycles. The molecule has 0 radical (unpaired) electrons. The normalized spacial score (nSPS) is 16.1. The third kappa shape index (κ3) is 2.58. The molecule has 0 saturated heterocycles. The van der Waals surface area contributed by atoms with Crippen LogP contribution in [0.2, 0.25) is 0 Å². The third-order valence-electron chi connectivity index (χ3n) is 7.82. The molecule has 1 aliphatic carbocycles. The molecule has 5 aromatic rings. The summed E-state index contributed by atoms with van der Waals surface area (Å²) >= 11 is 0. The largest absolute Gasteiger partial charge is 0.459 e. The minimum atomic E-state index is -0.202. The zero-order chi connectivity index (χ0) is 23.1. The van der Waals surface area contributed by atoms with Crippen molar-refractivity contribution in [3.05, 3.63) is 101 Å². The molecule has 0 N–H and O–H groups in total. The van der Waals surface area contributed by atoms with Crippen molar-refractivity contribution >= 4 is 21.7 Å². The van der Waals surface area contributed by atoms with E-state index in [4.69, 9.17) is 4.42 Å². The van der Waals surface area contributed by atoms with Crippen molar-refractivity contribution in [2.45, 2.75) is 45.4 Å². The fourth-order valence-corrected chi connectivity index (χ4v) is 6.07. The summed E-state index contributed by atoms with van der Waals surface area (Å²) in [5, 5.41) is 3.71. The van der Waals surface area contributed by atoms with Crippen LogP contribution in [0.25, 0.3) is 33.0 Å². The van der Waals surface area contributed by atoms with E-state index in [-0.39, 0.29) is 10.8 Å².